The summed E-state index contributed by atoms with van der Waals surface area (Å²) in [4.78, 5) is 33.5. The summed E-state index contributed by atoms with van der Waals surface area (Å²) in [6.45, 7) is 5.51. The highest BCUT2D eigenvalue weighted by molar-refractivity contribution is 5.78. The molecule has 0 unspecified atom stereocenters. The summed E-state index contributed by atoms with van der Waals surface area (Å²) in [6.07, 6.45) is 1.85. The topological polar surface area (TPSA) is 93.7 Å². The van der Waals surface area contributed by atoms with Crippen LogP contribution in [0.4, 0.5) is 0 Å². The number of esters is 2. The van der Waals surface area contributed by atoms with Gasteiger partial charge in [-0.3, -0.25) is 14.4 Å². The lowest BCUT2D eigenvalue weighted by Gasteiger charge is -2.06. The lowest BCUT2D eigenvalue weighted by atomic mass is 10.3. The van der Waals surface area contributed by atoms with E-state index in [-0.39, 0.29) is 24.4 Å². The second-order valence-electron chi connectivity index (χ2n) is 4.34. The molecule has 0 aromatic carbocycles. The van der Waals surface area contributed by atoms with Crippen molar-refractivity contribution < 1.29 is 23.9 Å². The van der Waals surface area contributed by atoms with Crippen LogP contribution in [0.1, 0.15) is 39.5 Å². The molecule has 0 bridgehead atoms. The summed E-state index contributed by atoms with van der Waals surface area (Å²) in [7, 11) is 0. The number of carbonyl (C=O) groups excluding carboxylic acids is 3. The van der Waals surface area contributed by atoms with Gasteiger partial charge in [-0.1, -0.05) is 0 Å². The van der Waals surface area contributed by atoms with Crippen molar-refractivity contribution in [1.29, 1.82) is 0 Å². The van der Waals surface area contributed by atoms with Crippen molar-refractivity contribution >= 4 is 17.8 Å². The van der Waals surface area contributed by atoms with Gasteiger partial charge in [0.05, 0.1) is 19.8 Å². The lowest BCUT2D eigenvalue weighted by Crippen LogP contribution is -2.35. The summed E-state index contributed by atoms with van der Waals surface area (Å²) in [6, 6.07) is 0. The van der Waals surface area contributed by atoms with Gasteiger partial charge in [0.25, 0.3) is 0 Å². The minimum Gasteiger partial charge on any atom is -0.466 e. The standard InChI is InChI=1S/C14H26N2O5/c1-3-20-13(18)7-5-9-15-11-12(17)16-10-6-8-14(19)21-4-2/h15H,3-11H2,1-2H3,(H,16,17). The summed E-state index contributed by atoms with van der Waals surface area (Å²) in [5.74, 6) is -0.596. The van der Waals surface area contributed by atoms with Crippen LogP contribution in [0, 0.1) is 0 Å². The van der Waals surface area contributed by atoms with Gasteiger partial charge in [-0.25, -0.2) is 0 Å². The molecule has 0 saturated heterocycles. The van der Waals surface area contributed by atoms with E-state index in [1.165, 1.54) is 0 Å². The summed E-state index contributed by atoms with van der Waals surface area (Å²) in [5.41, 5.74) is 0. The summed E-state index contributed by atoms with van der Waals surface area (Å²) < 4.78 is 9.56. The molecule has 122 valence electrons. The molecule has 7 nitrogen and oxygen atoms in total. The van der Waals surface area contributed by atoms with Crippen LogP contribution in [0.5, 0.6) is 0 Å². The molecule has 1 amide bonds. The van der Waals surface area contributed by atoms with Crippen molar-refractivity contribution in [1.82, 2.24) is 10.6 Å². The molecule has 0 heterocycles. The third-order valence-corrected chi connectivity index (χ3v) is 2.51. The molecule has 0 aliphatic carbocycles. The molecule has 0 aromatic heterocycles. The minimum atomic E-state index is -0.246. The van der Waals surface area contributed by atoms with Gasteiger partial charge in [-0.05, 0) is 33.2 Å². The zero-order chi connectivity index (χ0) is 15.9. The van der Waals surface area contributed by atoms with Crippen molar-refractivity contribution in [3.05, 3.63) is 0 Å². The van der Waals surface area contributed by atoms with E-state index in [0.717, 1.165) is 0 Å². The van der Waals surface area contributed by atoms with Gasteiger partial charge < -0.3 is 20.1 Å². The first-order valence-electron chi connectivity index (χ1n) is 7.38. The van der Waals surface area contributed by atoms with E-state index in [0.29, 0.717) is 52.0 Å². The Kier molecular flexibility index (Phi) is 12.3. The van der Waals surface area contributed by atoms with Gasteiger partial charge in [0, 0.05) is 19.4 Å². The first-order valence-corrected chi connectivity index (χ1v) is 7.38. The fourth-order valence-electron chi connectivity index (χ4n) is 1.55. The molecule has 0 aliphatic heterocycles. The van der Waals surface area contributed by atoms with E-state index < -0.39 is 0 Å². The number of carbonyl (C=O) groups is 3. The Balaban J connectivity index is 3.38. The molecule has 21 heavy (non-hydrogen) atoms. The van der Waals surface area contributed by atoms with Gasteiger partial charge in [-0.15, -0.1) is 0 Å². The number of nitrogens with one attached hydrogen (secondary N) is 2. The van der Waals surface area contributed by atoms with Crippen molar-refractivity contribution in [3.8, 4) is 0 Å². The predicted octanol–water partition coefficient (Wildman–Crippen LogP) is 0.379. The number of ether oxygens (including phenoxy) is 2. The van der Waals surface area contributed by atoms with Crippen molar-refractivity contribution in [2.24, 2.45) is 0 Å². The summed E-state index contributed by atoms with van der Waals surface area (Å²) >= 11 is 0. The second kappa shape index (κ2) is 13.4. The van der Waals surface area contributed by atoms with Crippen LogP contribution in [0.15, 0.2) is 0 Å². The van der Waals surface area contributed by atoms with E-state index in [1.54, 1.807) is 13.8 Å². The number of amides is 1. The zero-order valence-corrected chi connectivity index (χ0v) is 12.9. The van der Waals surface area contributed by atoms with Crippen molar-refractivity contribution in [2.45, 2.75) is 39.5 Å². The quantitative estimate of drug-likeness (QED) is 0.400. The maximum absolute atomic E-state index is 11.4. The van der Waals surface area contributed by atoms with E-state index >= 15 is 0 Å². The molecule has 0 radical (unpaired) electrons. The SMILES string of the molecule is CCOC(=O)CCCNCC(=O)NCCCC(=O)OCC. The highest BCUT2D eigenvalue weighted by atomic mass is 16.5. The Bertz CT molecular complexity index is 320. The minimum absolute atomic E-state index is 0.130. The van der Waals surface area contributed by atoms with Crippen LogP contribution in [-0.2, 0) is 23.9 Å². The molecule has 0 spiro atoms. The Morgan fingerprint density at radius 3 is 1.90 bits per heavy atom. The van der Waals surface area contributed by atoms with Gasteiger partial charge in [0.15, 0.2) is 0 Å². The number of hydrogen-bond donors (Lipinski definition) is 2. The average molecular weight is 302 g/mol. The maximum atomic E-state index is 11.4. The maximum Gasteiger partial charge on any atom is 0.305 e. The predicted molar refractivity (Wildman–Crippen MR) is 77.6 cm³/mol. The smallest absolute Gasteiger partial charge is 0.305 e. The van der Waals surface area contributed by atoms with Crippen LogP contribution in [0.3, 0.4) is 0 Å². The molecular weight excluding hydrogens is 276 g/mol. The molecule has 2 N–H and O–H groups in total. The Hall–Kier alpha value is -1.63. The van der Waals surface area contributed by atoms with E-state index in [9.17, 15) is 14.4 Å². The second-order valence-corrected chi connectivity index (χ2v) is 4.34. The number of hydrogen-bond acceptors (Lipinski definition) is 6. The van der Waals surface area contributed by atoms with Gasteiger partial charge in [0.1, 0.15) is 0 Å². The molecule has 0 saturated carbocycles. The fourth-order valence-corrected chi connectivity index (χ4v) is 1.55. The van der Waals surface area contributed by atoms with Gasteiger partial charge in [0.2, 0.25) is 5.91 Å². The molecule has 0 rings (SSSR count). The molecule has 0 aromatic rings. The average Bonchev–Trinajstić information content (AvgIpc) is 2.44. The molecule has 7 heteroatoms. The molecular formula is C14H26N2O5. The van der Waals surface area contributed by atoms with E-state index in [1.807, 2.05) is 0 Å². The normalized spacial score (nSPS) is 10.0. The first-order chi connectivity index (χ1) is 10.1. The molecule has 0 fully saturated rings. The monoisotopic (exact) mass is 302 g/mol. The lowest BCUT2D eigenvalue weighted by molar-refractivity contribution is -0.144. The zero-order valence-electron chi connectivity index (χ0n) is 12.9. The fraction of sp³-hybridized carbons (Fsp3) is 0.786. The molecule has 0 atom stereocenters. The number of rotatable bonds is 12. The summed E-state index contributed by atoms with van der Waals surface area (Å²) in [5, 5.41) is 5.64. The van der Waals surface area contributed by atoms with Crippen LogP contribution < -0.4 is 10.6 Å². The highest BCUT2D eigenvalue weighted by Gasteiger charge is 2.04. The van der Waals surface area contributed by atoms with Crippen LogP contribution in [0.2, 0.25) is 0 Å². The Labute approximate surface area is 125 Å². The third-order valence-electron chi connectivity index (χ3n) is 2.51. The largest absolute Gasteiger partial charge is 0.466 e. The van der Waals surface area contributed by atoms with Crippen molar-refractivity contribution in [2.75, 3.05) is 32.8 Å². The van der Waals surface area contributed by atoms with Crippen LogP contribution in [-0.4, -0.2) is 50.7 Å². The van der Waals surface area contributed by atoms with E-state index in [4.69, 9.17) is 9.47 Å². The van der Waals surface area contributed by atoms with Crippen LogP contribution >= 0.6 is 0 Å². The Morgan fingerprint density at radius 2 is 1.38 bits per heavy atom. The van der Waals surface area contributed by atoms with Crippen LogP contribution in [0.25, 0.3) is 0 Å². The van der Waals surface area contributed by atoms with Gasteiger partial charge in [-0.2, -0.15) is 0 Å². The van der Waals surface area contributed by atoms with Gasteiger partial charge >= 0.3 is 11.9 Å². The van der Waals surface area contributed by atoms with Crippen molar-refractivity contribution in [3.63, 3.8) is 0 Å². The third kappa shape index (κ3) is 13.1. The first kappa shape index (κ1) is 19.4. The van der Waals surface area contributed by atoms with E-state index in [2.05, 4.69) is 10.6 Å². The highest BCUT2D eigenvalue weighted by Crippen LogP contribution is 1.92. The molecule has 0 aliphatic rings. The Morgan fingerprint density at radius 1 is 0.857 bits per heavy atom.